The molecule has 3 rings (SSSR count). The lowest BCUT2D eigenvalue weighted by Crippen LogP contribution is -2.42. The molecule has 158 valence electrons. The number of aryl methyl sites for hydroxylation is 1. The van der Waals surface area contributed by atoms with E-state index in [1.54, 1.807) is 0 Å². The molecule has 0 saturated carbocycles. The highest BCUT2D eigenvalue weighted by molar-refractivity contribution is 5.79. The molecule has 1 aliphatic heterocycles. The fourth-order valence-corrected chi connectivity index (χ4v) is 3.67. The summed E-state index contributed by atoms with van der Waals surface area (Å²) < 4.78 is 5.42. The summed E-state index contributed by atoms with van der Waals surface area (Å²) in [5.74, 6) is 1.96. The van der Waals surface area contributed by atoms with E-state index in [1.807, 2.05) is 6.07 Å². The molecule has 0 amide bonds. The second-order valence-electron chi connectivity index (χ2n) is 8.12. The molecule has 6 nitrogen and oxygen atoms in total. The van der Waals surface area contributed by atoms with Crippen molar-refractivity contribution in [3.63, 3.8) is 0 Å². The predicted molar refractivity (Wildman–Crippen MR) is 118 cm³/mol. The van der Waals surface area contributed by atoms with Gasteiger partial charge in [0.15, 0.2) is 11.7 Å². The molecule has 29 heavy (non-hydrogen) atoms. The molecular formula is C23H35N5O. The van der Waals surface area contributed by atoms with Gasteiger partial charge in [0.25, 0.3) is 0 Å². The highest BCUT2D eigenvalue weighted by Gasteiger charge is 2.23. The molecule has 1 aromatic heterocycles. The van der Waals surface area contributed by atoms with Crippen LogP contribution in [0, 0.1) is 6.92 Å². The Bertz CT molecular complexity index is 775. The first-order valence-corrected chi connectivity index (χ1v) is 10.8. The van der Waals surface area contributed by atoms with E-state index >= 15 is 0 Å². The Kier molecular flexibility index (Phi) is 7.69. The van der Waals surface area contributed by atoms with E-state index in [2.05, 4.69) is 72.7 Å². The van der Waals surface area contributed by atoms with Gasteiger partial charge in [-0.3, -0.25) is 4.90 Å². The predicted octanol–water partition coefficient (Wildman–Crippen LogP) is 4.00. The number of guanidine groups is 1. The van der Waals surface area contributed by atoms with E-state index in [9.17, 15) is 0 Å². The number of rotatable bonds is 8. The quantitative estimate of drug-likeness (QED) is 0.521. The van der Waals surface area contributed by atoms with Crippen molar-refractivity contribution in [3.05, 3.63) is 52.9 Å². The first kappa shape index (κ1) is 21.4. The van der Waals surface area contributed by atoms with Gasteiger partial charge in [0.05, 0.1) is 11.7 Å². The van der Waals surface area contributed by atoms with Crippen molar-refractivity contribution in [2.24, 2.45) is 4.99 Å². The molecule has 2 N–H and O–H groups in total. The maximum absolute atomic E-state index is 5.42. The topological polar surface area (TPSA) is 65.7 Å². The van der Waals surface area contributed by atoms with Crippen molar-refractivity contribution in [3.8, 4) is 0 Å². The van der Waals surface area contributed by atoms with Crippen LogP contribution in [-0.4, -0.2) is 42.2 Å². The number of aromatic nitrogens is 1. The molecule has 0 radical (unpaired) electrons. The summed E-state index contributed by atoms with van der Waals surface area (Å²) >= 11 is 0. The summed E-state index contributed by atoms with van der Waals surface area (Å²) in [6.45, 7) is 12.9. The van der Waals surface area contributed by atoms with Gasteiger partial charge in [-0.15, -0.1) is 0 Å². The van der Waals surface area contributed by atoms with Crippen LogP contribution in [0.4, 0.5) is 0 Å². The normalized spacial score (nSPS) is 16.4. The number of likely N-dealkylation sites (tertiary alicyclic amines) is 1. The number of nitrogens with one attached hydrogen (secondary N) is 2. The van der Waals surface area contributed by atoms with Crippen molar-refractivity contribution >= 4 is 5.96 Å². The number of hydrogen-bond acceptors (Lipinski definition) is 4. The Hall–Kier alpha value is -2.34. The number of benzene rings is 1. The van der Waals surface area contributed by atoms with Crippen LogP contribution in [0.5, 0.6) is 0 Å². The zero-order valence-electron chi connectivity index (χ0n) is 18.2. The molecule has 1 aliphatic rings. The van der Waals surface area contributed by atoms with Gasteiger partial charge in [-0.25, -0.2) is 4.99 Å². The Labute approximate surface area is 174 Å². The summed E-state index contributed by atoms with van der Waals surface area (Å²) in [6, 6.07) is 11.3. The first-order valence-electron chi connectivity index (χ1n) is 10.8. The SMILES string of the molecule is CCNC(=NCc1cc(C(C)C)no1)NCC(c1ccc(C)cc1)N1CCCC1. The average Bonchev–Trinajstić information content (AvgIpc) is 3.40. The third-order valence-corrected chi connectivity index (χ3v) is 5.41. The van der Waals surface area contributed by atoms with Crippen LogP contribution in [0.1, 0.15) is 68.2 Å². The van der Waals surface area contributed by atoms with Crippen LogP contribution >= 0.6 is 0 Å². The van der Waals surface area contributed by atoms with E-state index in [0.29, 0.717) is 18.5 Å². The number of hydrogen-bond donors (Lipinski definition) is 2. The molecule has 0 bridgehead atoms. The maximum Gasteiger partial charge on any atom is 0.191 e. The standard InChI is InChI=1S/C23H35N5O/c1-5-24-23(25-15-20-14-21(17(2)3)27-29-20)26-16-22(28-12-6-7-13-28)19-10-8-18(4)9-11-19/h8-11,14,17,22H,5-7,12-13,15-16H2,1-4H3,(H2,24,25,26). The zero-order valence-corrected chi connectivity index (χ0v) is 18.2. The van der Waals surface area contributed by atoms with Crippen molar-refractivity contribution in [1.29, 1.82) is 0 Å². The summed E-state index contributed by atoms with van der Waals surface area (Å²) in [5, 5.41) is 11.0. The minimum Gasteiger partial charge on any atom is -0.359 e. The third-order valence-electron chi connectivity index (χ3n) is 5.41. The molecule has 1 saturated heterocycles. The molecule has 1 unspecified atom stereocenters. The van der Waals surface area contributed by atoms with Crippen LogP contribution in [-0.2, 0) is 6.54 Å². The van der Waals surface area contributed by atoms with Crippen LogP contribution in [0.25, 0.3) is 0 Å². The van der Waals surface area contributed by atoms with Gasteiger partial charge in [-0.2, -0.15) is 0 Å². The van der Waals surface area contributed by atoms with Crippen LogP contribution in [0.3, 0.4) is 0 Å². The molecule has 6 heteroatoms. The van der Waals surface area contributed by atoms with Crippen molar-refractivity contribution < 1.29 is 4.52 Å². The van der Waals surface area contributed by atoms with E-state index < -0.39 is 0 Å². The summed E-state index contributed by atoms with van der Waals surface area (Å²) in [4.78, 5) is 7.28. The van der Waals surface area contributed by atoms with Crippen LogP contribution in [0.15, 0.2) is 39.8 Å². The van der Waals surface area contributed by atoms with Crippen molar-refractivity contribution in [2.45, 2.75) is 59.0 Å². The minimum absolute atomic E-state index is 0.347. The van der Waals surface area contributed by atoms with Gasteiger partial charge >= 0.3 is 0 Å². The highest BCUT2D eigenvalue weighted by Crippen LogP contribution is 2.25. The molecule has 1 fully saturated rings. The lowest BCUT2D eigenvalue weighted by molar-refractivity contribution is 0.245. The van der Waals surface area contributed by atoms with Gasteiger partial charge < -0.3 is 15.2 Å². The van der Waals surface area contributed by atoms with E-state index in [4.69, 9.17) is 9.52 Å². The largest absolute Gasteiger partial charge is 0.359 e. The summed E-state index contributed by atoms with van der Waals surface area (Å²) in [5.41, 5.74) is 3.63. The smallest absolute Gasteiger partial charge is 0.191 e. The van der Waals surface area contributed by atoms with E-state index in [0.717, 1.165) is 43.6 Å². The summed E-state index contributed by atoms with van der Waals surface area (Å²) in [7, 11) is 0. The van der Waals surface area contributed by atoms with Crippen molar-refractivity contribution in [1.82, 2.24) is 20.7 Å². The monoisotopic (exact) mass is 397 g/mol. The lowest BCUT2D eigenvalue weighted by Gasteiger charge is -2.29. The van der Waals surface area contributed by atoms with Gasteiger partial charge in [0.2, 0.25) is 0 Å². The van der Waals surface area contributed by atoms with Crippen LogP contribution < -0.4 is 10.6 Å². The molecule has 2 heterocycles. The second kappa shape index (κ2) is 10.4. The molecule has 0 spiro atoms. The molecular weight excluding hydrogens is 362 g/mol. The van der Waals surface area contributed by atoms with Gasteiger partial charge in [-0.1, -0.05) is 48.8 Å². The van der Waals surface area contributed by atoms with Gasteiger partial charge in [0, 0.05) is 19.2 Å². The fraction of sp³-hybridized carbons (Fsp3) is 0.565. The molecule has 0 aliphatic carbocycles. The average molecular weight is 398 g/mol. The van der Waals surface area contributed by atoms with Crippen LogP contribution in [0.2, 0.25) is 0 Å². The van der Waals surface area contributed by atoms with Gasteiger partial charge in [-0.05, 0) is 51.3 Å². The van der Waals surface area contributed by atoms with Crippen molar-refractivity contribution in [2.75, 3.05) is 26.2 Å². The summed E-state index contributed by atoms with van der Waals surface area (Å²) in [6.07, 6.45) is 2.56. The Morgan fingerprint density at radius 3 is 2.52 bits per heavy atom. The minimum atomic E-state index is 0.347. The highest BCUT2D eigenvalue weighted by atomic mass is 16.5. The number of aliphatic imine (C=N–C) groups is 1. The fourth-order valence-electron chi connectivity index (χ4n) is 3.67. The van der Waals surface area contributed by atoms with Gasteiger partial charge in [0.1, 0.15) is 6.54 Å². The Balaban J connectivity index is 1.67. The Morgan fingerprint density at radius 1 is 1.17 bits per heavy atom. The molecule has 1 aromatic carbocycles. The lowest BCUT2D eigenvalue weighted by atomic mass is 10.0. The first-order chi connectivity index (χ1) is 14.1. The second-order valence-corrected chi connectivity index (χ2v) is 8.12. The molecule has 2 aromatic rings. The third kappa shape index (κ3) is 6.07. The Morgan fingerprint density at radius 2 is 1.90 bits per heavy atom. The van der Waals surface area contributed by atoms with E-state index in [1.165, 1.54) is 24.0 Å². The molecule has 1 atom stereocenters. The number of nitrogens with zero attached hydrogens (tertiary/aromatic N) is 3. The van der Waals surface area contributed by atoms with E-state index in [-0.39, 0.29) is 0 Å². The maximum atomic E-state index is 5.42. The zero-order chi connectivity index (χ0) is 20.6.